The van der Waals surface area contributed by atoms with E-state index in [9.17, 15) is 9.90 Å². The van der Waals surface area contributed by atoms with Crippen LogP contribution in [0.1, 0.15) is 22.2 Å². The average molecular weight is 334 g/mol. The van der Waals surface area contributed by atoms with Gasteiger partial charge in [0.25, 0.3) is 5.91 Å². The van der Waals surface area contributed by atoms with Crippen LogP contribution in [0.2, 0.25) is 15.1 Å². The predicted octanol–water partition coefficient (Wildman–Crippen LogP) is 3.44. The number of halogens is 3. The van der Waals surface area contributed by atoms with Crippen LogP contribution in [0.25, 0.3) is 0 Å². The Balaban J connectivity index is 2.02. The van der Waals surface area contributed by atoms with Crippen LogP contribution in [0.3, 0.4) is 0 Å². The van der Waals surface area contributed by atoms with Crippen molar-refractivity contribution >= 4 is 40.7 Å². The lowest BCUT2D eigenvalue weighted by atomic mass is 10.1. The molecular formula is C13H11Cl3N2O2. The van der Waals surface area contributed by atoms with Gasteiger partial charge in [-0.05, 0) is 18.2 Å². The molecule has 1 atom stereocenters. The molecule has 1 unspecified atom stereocenters. The van der Waals surface area contributed by atoms with Crippen molar-refractivity contribution < 1.29 is 9.90 Å². The lowest BCUT2D eigenvalue weighted by molar-refractivity contribution is 0.0912. The zero-order chi connectivity index (χ0) is 14.7. The Bertz CT molecular complexity index is 608. The number of aliphatic hydroxyl groups excluding tert-OH is 1. The SMILES string of the molecule is O=C(NCC(O)c1c(Cl)cccc1Cl)c1cc(Cl)c[nH]1. The molecule has 1 heterocycles. The molecule has 0 bridgehead atoms. The van der Waals surface area contributed by atoms with Crippen LogP contribution < -0.4 is 5.32 Å². The minimum atomic E-state index is -0.995. The number of H-pyrrole nitrogens is 1. The number of rotatable bonds is 4. The van der Waals surface area contributed by atoms with Crippen molar-refractivity contribution in [3.8, 4) is 0 Å². The van der Waals surface area contributed by atoms with E-state index in [0.717, 1.165) is 0 Å². The van der Waals surface area contributed by atoms with Crippen LogP contribution in [0.15, 0.2) is 30.5 Å². The number of nitrogens with one attached hydrogen (secondary N) is 2. The molecule has 1 amide bonds. The molecule has 0 aliphatic heterocycles. The monoisotopic (exact) mass is 332 g/mol. The number of aromatic amines is 1. The second-order valence-electron chi connectivity index (χ2n) is 4.09. The van der Waals surface area contributed by atoms with Gasteiger partial charge < -0.3 is 15.4 Å². The molecule has 1 aromatic carbocycles. The molecule has 0 saturated carbocycles. The number of aliphatic hydroxyl groups is 1. The first-order valence-corrected chi connectivity index (χ1v) is 6.86. The van der Waals surface area contributed by atoms with Crippen LogP contribution in [-0.2, 0) is 0 Å². The van der Waals surface area contributed by atoms with Crippen molar-refractivity contribution in [1.29, 1.82) is 0 Å². The van der Waals surface area contributed by atoms with Crippen molar-refractivity contribution in [3.05, 3.63) is 56.8 Å². The van der Waals surface area contributed by atoms with Gasteiger partial charge in [-0.25, -0.2) is 0 Å². The summed E-state index contributed by atoms with van der Waals surface area (Å²) in [4.78, 5) is 14.5. The zero-order valence-electron chi connectivity index (χ0n) is 10.2. The molecule has 0 saturated heterocycles. The number of amides is 1. The maximum absolute atomic E-state index is 11.8. The van der Waals surface area contributed by atoms with E-state index >= 15 is 0 Å². The topological polar surface area (TPSA) is 65.1 Å². The van der Waals surface area contributed by atoms with E-state index in [1.807, 2.05) is 0 Å². The fourth-order valence-corrected chi connectivity index (χ4v) is 2.53. The quantitative estimate of drug-likeness (QED) is 0.802. The maximum atomic E-state index is 11.8. The Hall–Kier alpha value is -1.20. The Morgan fingerprint density at radius 3 is 2.50 bits per heavy atom. The average Bonchev–Trinajstić information content (AvgIpc) is 2.82. The molecule has 4 nitrogen and oxygen atoms in total. The lowest BCUT2D eigenvalue weighted by Gasteiger charge is -2.14. The van der Waals surface area contributed by atoms with E-state index in [4.69, 9.17) is 34.8 Å². The first-order chi connectivity index (χ1) is 9.49. The number of aromatic nitrogens is 1. The molecule has 2 rings (SSSR count). The van der Waals surface area contributed by atoms with Gasteiger partial charge in [-0.3, -0.25) is 4.79 Å². The molecule has 3 N–H and O–H groups in total. The highest BCUT2D eigenvalue weighted by Gasteiger charge is 2.17. The van der Waals surface area contributed by atoms with Crippen LogP contribution in [0, 0.1) is 0 Å². The molecule has 0 aliphatic carbocycles. The van der Waals surface area contributed by atoms with E-state index in [1.54, 1.807) is 18.2 Å². The second kappa shape index (κ2) is 6.50. The summed E-state index contributed by atoms with van der Waals surface area (Å²) in [6, 6.07) is 6.42. The van der Waals surface area contributed by atoms with Crippen molar-refractivity contribution in [2.75, 3.05) is 6.54 Å². The largest absolute Gasteiger partial charge is 0.386 e. The van der Waals surface area contributed by atoms with E-state index in [1.165, 1.54) is 12.3 Å². The summed E-state index contributed by atoms with van der Waals surface area (Å²) in [5.74, 6) is -0.376. The van der Waals surface area contributed by atoms with Gasteiger partial charge in [-0.15, -0.1) is 0 Å². The van der Waals surface area contributed by atoms with Crippen LogP contribution >= 0.6 is 34.8 Å². The maximum Gasteiger partial charge on any atom is 0.267 e. The number of benzene rings is 1. The summed E-state index contributed by atoms with van der Waals surface area (Å²) >= 11 is 17.7. The molecule has 0 aliphatic rings. The Morgan fingerprint density at radius 2 is 1.95 bits per heavy atom. The molecule has 0 fully saturated rings. The summed E-state index contributed by atoms with van der Waals surface area (Å²) < 4.78 is 0. The normalized spacial score (nSPS) is 12.2. The third kappa shape index (κ3) is 3.46. The van der Waals surface area contributed by atoms with Crippen molar-refractivity contribution in [3.63, 3.8) is 0 Å². The first-order valence-electron chi connectivity index (χ1n) is 5.73. The Kier molecular flexibility index (Phi) is 4.94. The Labute approximate surface area is 130 Å². The summed E-state index contributed by atoms with van der Waals surface area (Å²) in [6.45, 7) is -0.0150. The molecule has 0 radical (unpaired) electrons. The van der Waals surface area contributed by atoms with E-state index in [-0.39, 0.29) is 12.5 Å². The van der Waals surface area contributed by atoms with Crippen molar-refractivity contribution in [2.24, 2.45) is 0 Å². The molecular weight excluding hydrogens is 323 g/mol. The van der Waals surface area contributed by atoms with Gasteiger partial charge in [-0.2, -0.15) is 0 Å². The zero-order valence-corrected chi connectivity index (χ0v) is 12.4. The van der Waals surface area contributed by atoms with Crippen LogP contribution in [-0.4, -0.2) is 22.5 Å². The number of hydrogen-bond donors (Lipinski definition) is 3. The summed E-state index contributed by atoms with van der Waals surface area (Å²) in [5.41, 5.74) is 0.702. The summed E-state index contributed by atoms with van der Waals surface area (Å²) in [5, 5.41) is 13.8. The molecule has 1 aromatic heterocycles. The highest BCUT2D eigenvalue weighted by molar-refractivity contribution is 6.36. The van der Waals surface area contributed by atoms with Crippen molar-refractivity contribution in [1.82, 2.24) is 10.3 Å². The highest BCUT2D eigenvalue weighted by Crippen LogP contribution is 2.29. The molecule has 0 spiro atoms. The van der Waals surface area contributed by atoms with Gasteiger partial charge >= 0.3 is 0 Å². The molecule has 106 valence electrons. The molecule has 7 heteroatoms. The summed E-state index contributed by atoms with van der Waals surface area (Å²) in [6.07, 6.45) is 0.503. The van der Waals surface area contributed by atoms with Crippen LogP contribution in [0.5, 0.6) is 0 Å². The van der Waals surface area contributed by atoms with E-state index in [0.29, 0.717) is 26.3 Å². The standard InChI is InChI=1S/C13H11Cl3N2O2/c14-7-4-10(17-5-7)13(20)18-6-11(19)12-8(15)2-1-3-9(12)16/h1-5,11,17,19H,6H2,(H,18,20). The predicted molar refractivity (Wildman–Crippen MR) is 79.6 cm³/mol. The second-order valence-corrected chi connectivity index (χ2v) is 5.34. The lowest BCUT2D eigenvalue weighted by Crippen LogP contribution is -2.28. The third-order valence-electron chi connectivity index (χ3n) is 2.68. The molecule has 2 aromatic rings. The van der Waals surface area contributed by atoms with Gasteiger partial charge in [0, 0.05) is 28.4 Å². The third-order valence-corrected chi connectivity index (χ3v) is 3.56. The van der Waals surface area contributed by atoms with Crippen LogP contribution in [0.4, 0.5) is 0 Å². The number of hydrogen-bond acceptors (Lipinski definition) is 2. The van der Waals surface area contributed by atoms with Gasteiger partial charge in [-0.1, -0.05) is 40.9 Å². The van der Waals surface area contributed by atoms with E-state index < -0.39 is 6.10 Å². The van der Waals surface area contributed by atoms with Gasteiger partial charge in [0.2, 0.25) is 0 Å². The molecule has 20 heavy (non-hydrogen) atoms. The van der Waals surface area contributed by atoms with Gasteiger partial charge in [0.05, 0.1) is 11.1 Å². The highest BCUT2D eigenvalue weighted by atomic mass is 35.5. The van der Waals surface area contributed by atoms with E-state index in [2.05, 4.69) is 10.3 Å². The van der Waals surface area contributed by atoms with Gasteiger partial charge in [0.1, 0.15) is 5.69 Å². The minimum Gasteiger partial charge on any atom is -0.386 e. The van der Waals surface area contributed by atoms with Crippen molar-refractivity contribution in [2.45, 2.75) is 6.10 Å². The number of carbonyl (C=O) groups excluding carboxylic acids is 1. The summed E-state index contributed by atoms with van der Waals surface area (Å²) in [7, 11) is 0. The van der Waals surface area contributed by atoms with Gasteiger partial charge in [0.15, 0.2) is 0 Å². The minimum absolute atomic E-state index is 0.0150. The smallest absolute Gasteiger partial charge is 0.267 e. The first kappa shape index (κ1) is 15.2. The fraction of sp³-hybridized carbons (Fsp3) is 0.154. The number of carbonyl (C=O) groups is 1. The Morgan fingerprint density at radius 1 is 1.30 bits per heavy atom. The fourth-order valence-electron chi connectivity index (χ4n) is 1.71.